The molecule has 3 rings (SSSR count). The van der Waals surface area contributed by atoms with Crippen LogP contribution in [-0.2, 0) is 16.0 Å². The minimum absolute atomic E-state index is 0.0533. The third kappa shape index (κ3) is 4.08. The van der Waals surface area contributed by atoms with Gasteiger partial charge in [0.25, 0.3) is 0 Å². The number of thiazole rings is 1. The van der Waals surface area contributed by atoms with Crippen LogP contribution >= 0.6 is 23.1 Å². The highest BCUT2D eigenvalue weighted by Gasteiger charge is 2.34. The molecule has 1 saturated heterocycles. The van der Waals surface area contributed by atoms with Crippen molar-refractivity contribution in [1.29, 1.82) is 5.26 Å². The van der Waals surface area contributed by atoms with E-state index < -0.39 is 0 Å². The Balaban J connectivity index is 1.77. The van der Waals surface area contributed by atoms with Gasteiger partial charge in [0.1, 0.15) is 12.0 Å². The number of rotatable bonds is 5. The molecule has 1 aromatic heterocycles. The Morgan fingerprint density at radius 1 is 1.48 bits per heavy atom. The van der Waals surface area contributed by atoms with E-state index in [4.69, 9.17) is 9.72 Å². The fraction of sp³-hybridized carbons (Fsp3) is 0.611. The molecule has 0 radical (unpaired) electrons. The van der Waals surface area contributed by atoms with Gasteiger partial charge in [-0.15, -0.1) is 11.8 Å². The largest absolute Gasteiger partial charge is 0.360 e. The second-order valence-electron chi connectivity index (χ2n) is 6.44. The van der Waals surface area contributed by atoms with Crippen molar-refractivity contribution in [3.05, 3.63) is 22.7 Å². The van der Waals surface area contributed by atoms with Crippen LogP contribution in [0.25, 0.3) is 0 Å². The number of carbonyl (C=O) groups is 1. The van der Waals surface area contributed by atoms with Gasteiger partial charge in [0, 0.05) is 11.7 Å². The van der Waals surface area contributed by atoms with E-state index in [1.165, 1.54) is 11.3 Å². The number of nitrogens with zero attached hydrogens (tertiary/aromatic N) is 3. The molecule has 25 heavy (non-hydrogen) atoms. The highest BCUT2D eigenvalue weighted by molar-refractivity contribution is 8.00. The zero-order valence-electron chi connectivity index (χ0n) is 14.6. The van der Waals surface area contributed by atoms with Crippen LogP contribution < -0.4 is 4.90 Å². The first-order valence-corrected chi connectivity index (χ1v) is 10.5. The fourth-order valence-electron chi connectivity index (χ4n) is 2.97. The molecular weight excluding hydrogens is 354 g/mol. The molecule has 3 heterocycles. The molecule has 1 amide bonds. The predicted octanol–water partition coefficient (Wildman–Crippen LogP) is 4.07. The number of hydrogen-bond donors (Lipinski definition) is 0. The van der Waals surface area contributed by atoms with Crippen LogP contribution in [0.2, 0.25) is 0 Å². The van der Waals surface area contributed by atoms with Crippen LogP contribution in [0.4, 0.5) is 5.13 Å². The maximum Gasteiger partial charge on any atom is 0.235 e. The Bertz CT molecular complexity index is 695. The number of allylic oxidation sites excluding steroid dienone is 2. The summed E-state index contributed by atoms with van der Waals surface area (Å²) in [5.74, 6) is -0.0928. The first-order chi connectivity index (χ1) is 12.1. The van der Waals surface area contributed by atoms with Gasteiger partial charge in [-0.3, -0.25) is 9.69 Å². The third-order valence-corrected chi connectivity index (χ3v) is 7.04. The standard InChI is InChI=1S/C18H23N3O2S2/c1-3-4-5-6-7-13-8-14-16(15(9-19)24-13)25-18(20-14)21-11-23-10-12(2)17(21)22/h5-6,12-13,15H,3-4,7-8,10-11H2,1-2H3. The second-order valence-corrected chi connectivity index (χ2v) is 8.86. The van der Waals surface area contributed by atoms with Crippen LogP contribution in [0.1, 0.15) is 48.9 Å². The van der Waals surface area contributed by atoms with Gasteiger partial charge >= 0.3 is 0 Å². The first-order valence-electron chi connectivity index (χ1n) is 8.72. The molecule has 2 aliphatic rings. The predicted molar refractivity (Wildman–Crippen MR) is 102 cm³/mol. The minimum Gasteiger partial charge on any atom is -0.360 e. The maximum atomic E-state index is 12.4. The molecule has 1 fully saturated rings. The van der Waals surface area contributed by atoms with Crippen LogP contribution in [0.3, 0.4) is 0 Å². The average molecular weight is 378 g/mol. The Kier molecular flexibility index (Phi) is 6.15. The first kappa shape index (κ1) is 18.4. The smallest absolute Gasteiger partial charge is 0.235 e. The molecule has 0 spiro atoms. The topological polar surface area (TPSA) is 66.2 Å². The van der Waals surface area contributed by atoms with E-state index >= 15 is 0 Å². The van der Waals surface area contributed by atoms with E-state index in [2.05, 4.69) is 25.1 Å². The number of unbranched alkanes of at least 4 members (excludes halogenated alkanes) is 1. The summed E-state index contributed by atoms with van der Waals surface area (Å²) in [5.41, 5.74) is 0.977. The zero-order chi connectivity index (χ0) is 17.8. The molecule has 0 bridgehead atoms. The van der Waals surface area contributed by atoms with Crippen molar-refractivity contribution in [2.24, 2.45) is 5.92 Å². The fourth-order valence-corrected chi connectivity index (χ4v) is 5.47. The van der Waals surface area contributed by atoms with Gasteiger partial charge in [-0.25, -0.2) is 4.98 Å². The van der Waals surface area contributed by atoms with Crippen LogP contribution in [0.5, 0.6) is 0 Å². The summed E-state index contributed by atoms with van der Waals surface area (Å²) in [6, 6.07) is 2.40. The molecule has 2 aliphatic heterocycles. The molecule has 7 heteroatoms. The number of hydrogen-bond acceptors (Lipinski definition) is 6. The highest BCUT2D eigenvalue weighted by atomic mass is 32.2. The van der Waals surface area contributed by atoms with Gasteiger partial charge in [0.15, 0.2) is 5.13 Å². The molecule has 3 unspecified atom stereocenters. The summed E-state index contributed by atoms with van der Waals surface area (Å²) < 4.78 is 5.49. The van der Waals surface area contributed by atoms with E-state index in [0.29, 0.717) is 17.0 Å². The van der Waals surface area contributed by atoms with Gasteiger partial charge in [0.2, 0.25) is 5.91 Å². The van der Waals surface area contributed by atoms with Crippen molar-refractivity contribution in [2.75, 3.05) is 18.2 Å². The number of thioether (sulfide) groups is 1. The Morgan fingerprint density at radius 3 is 3.08 bits per heavy atom. The molecular formula is C18H23N3O2S2. The number of fused-ring (bicyclic) bond motifs is 1. The monoisotopic (exact) mass is 377 g/mol. The Morgan fingerprint density at radius 2 is 2.32 bits per heavy atom. The summed E-state index contributed by atoms with van der Waals surface area (Å²) in [6.07, 6.45) is 8.49. The summed E-state index contributed by atoms with van der Waals surface area (Å²) >= 11 is 3.18. The van der Waals surface area contributed by atoms with Crippen LogP contribution in [-0.4, -0.2) is 29.5 Å². The third-order valence-electron chi connectivity index (χ3n) is 4.35. The SMILES string of the molecule is CCCC=CCC1Cc2nc(N3COCC(C)C3=O)sc2C(C#N)S1. The zero-order valence-corrected chi connectivity index (χ0v) is 16.2. The molecule has 0 aromatic carbocycles. The number of carbonyl (C=O) groups excluding carboxylic acids is 1. The van der Waals surface area contributed by atoms with Crippen molar-refractivity contribution in [3.8, 4) is 6.07 Å². The lowest BCUT2D eigenvalue weighted by molar-refractivity contribution is -0.129. The average Bonchev–Trinajstić information content (AvgIpc) is 3.04. The number of nitriles is 1. The minimum atomic E-state index is -0.196. The number of amides is 1. The molecule has 0 N–H and O–H groups in total. The lowest BCUT2D eigenvalue weighted by Gasteiger charge is -2.28. The van der Waals surface area contributed by atoms with E-state index in [9.17, 15) is 10.1 Å². The number of ether oxygens (including phenoxy) is 1. The lowest BCUT2D eigenvalue weighted by atomic mass is 10.1. The second kappa shape index (κ2) is 8.35. The molecule has 3 atom stereocenters. The lowest BCUT2D eigenvalue weighted by Crippen LogP contribution is -2.43. The van der Waals surface area contributed by atoms with Gasteiger partial charge in [-0.05, 0) is 12.8 Å². The number of anilines is 1. The van der Waals surface area contributed by atoms with Crippen molar-refractivity contribution in [1.82, 2.24) is 4.98 Å². The van der Waals surface area contributed by atoms with E-state index in [0.717, 1.165) is 36.3 Å². The van der Waals surface area contributed by atoms with Crippen molar-refractivity contribution in [2.45, 2.75) is 50.0 Å². The summed E-state index contributed by atoms with van der Waals surface area (Å²) in [5, 5.41) is 10.4. The molecule has 1 aromatic rings. The van der Waals surface area contributed by atoms with E-state index in [-0.39, 0.29) is 23.8 Å². The summed E-state index contributed by atoms with van der Waals surface area (Å²) in [6.45, 7) is 4.75. The summed E-state index contributed by atoms with van der Waals surface area (Å²) in [4.78, 5) is 19.7. The maximum absolute atomic E-state index is 12.4. The Hall–Kier alpha value is -1.36. The van der Waals surface area contributed by atoms with Crippen LogP contribution in [0, 0.1) is 17.2 Å². The molecule has 0 aliphatic carbocycles. The van der Waals surface area contributed by atoms with Gasteiger partial charge in [-0.1, -0.05) is 43.8 Å². The quantitative estimate of drug-likeness (QED) is 0.724. The van der Waals surface area contributed by atoms with Crippen molar-refractivity contribution < 1.29 is 9.53 Å². The molecule has 134 valence electrons. The van der Waals surface area contributed by atoms with Gasteiger partial charge < -0.3 is 4.74 Å². The molecule has 5 nitrogen and oxygen atoms in total. The van der Waals surface area contributed by atoms with Crippen molar-refractivity contribution >= 4 is 34.1 Å². The summed E-state index contributed by atoms with van der Waals surface area (Å²) in [7, 11) is 0. The number of aromatic nitrogens is 1. The highest BCUT2D eigenvalue weighted by Crippen LogP contribution is 2.46. The van der Waals surface area contributed by atoms with Crippen molar-refractivity contribution in [3.63, 3.8) is 0 Å². The van der Waals surface area contributed by atoms with Gasteiger partial charge in [0.05, 0.1) is 29.2 Å². The van der Waals surface area contributed by atoms with E-state index in [1.54, 1.807) is 16.7 Å². The van der Waals surface area contributed by atoms with E-state index in [1.807, 2.05) is 6.92 Å². The molecule has 0 saturated carbocycles. The Labute approximate surface area is 157 Å². The normalized spacial score (nSPS) is 26.7. The van der Waals surface area contributed by atoms with Gasteiger partial charge in [-0.2, -0.15) is 5.26 Å². The van der Waals surface area contributed by atoms with Crippen LogP contribution in [0.15, 0.2) is 12.2 Å².